The van der Waals surface area contributed by atoms with Gasteiger partial charge in [-0.25, -0.2) is 17.5 Å². The van der Waals surface area contributed by atoms with E-state index < -0.39 is 22.1 Å². The van der Waals surface area contributed by atoms with Crippen LogP contribution < -0.4 is 10.1 Å². The standard InChI is InChI=1S/C24H25ClN2O4S/c1-17-9-14-23(31-16-19-7-5-4-6-8-19)22(15-17)18(2)26-24(28)27(3)32(29,30)21-12-10-20(25)11-13-21/h4-15,18H,16H2,1-3H3,(H,26,28). The van der Waals surface area contributed by atoms with Crippen LogP contribution in [0.2, 0.25) is 5.02 Å². The van der Waals surface area contributed by atoms with Crippen molar-refractivity contribution in [2.75, 3.05) is 7.05 Å². The molecule has 168 valence electrons. The third kappa shape index (κ3) is 5.60. The molecule has 3 aromatic rings. The summed E-state index contributed by atoms with van der Waals surface area (Å²) in [5.41, 5.74) is 2.77. The van der Waals surface area contributed by atoms with E-state index >= 15 is 0 Å². The number of hydrogen-bond donors (Lipinski definition) is 1. The average Bonchev–Trinajstić information content (AvgIpc) is 2.78. The van der Waals surface area contributed by atoms with Gasteiger partial charge < -0.3 is 10.1 Å². The third-order valence-corrected chi connectivity index (χ3v) is 6.97. The molecule has 0 spiro atoms. The van der Waals surface area contributed by atoms with Crippen LogP contribution in [0, 0.1) is 6.92 Å². The number of hydrogen-bond acceptors (Lipinski definition) is 4. The molecule has 1 atom stereocenters. The summed E-state index contributed by atoms with van der Waals surface area (Å²) in [5.74, 6) is 0.621. The normalized spacial score (nSPS) is 12.1. The van der Waals surface area contributed by atoms with Crippen molar-refractivity contribution in [2.24, 2.45) is 0 Å². The summed E-state index contributed by atoms with van der Waals surface area (Å²) in [4.78, 5) is 12.7. The summed E-state index contributed by atoms with van der Waals surface area (Å²) >= 11 is 5.83. The minimum absolute atomic E-state index is 0.0188. The summed E-state index contributed by atoms with van der Waals surface area (Å²) < 4.78 is 32.2. The van der Waals surface area contributed by atoms with Gasteiger partial charge in [0.2, 0.25) is 0 Å². The number of ether oxygens (including phenoxy) is 1. The van der Waals surface area contributed by atoms with E-state index in [2.05, 4.69) is 5.32 Å². The molecule has 2 amide bonds. The van der Waals surface area contributed by atoms with E-state index in [1.165, 1.54) is 31.3 Å². The van der Waals surface area contributed by atoms with E-state index in [9.17, 15) is 13.2 Å². The number of nitrogens with zero attached hydrogens (tertiary/aromatic N) is 1. The number of nitrogens with one attached hydrogen (secondary N) is 1. The topological polar surface area (TPSA) is 75.7 Å². The zero-order chi connectivity index (χ0) is 23.3. The molecule has 0 radical (unpaired) electrons. The van der Waals surface area contributed by atoms with Crippen LogP contribution in [0.15, 0.2) is 77.7 Å². The monoisotopic (exact) mass is 472 g/mol. The molecule has 0 aliphatic rings. The van der Waals surface area contributed by atoms with E-state index in [1.54, 1.807) is 6.92 Å². The van der Waals surface area contributed by atoms with Crippen molar-refractivity contribution < 1.29 is 17.9 Å². The first-order valence-corrected chi connectivity index (χ1v) is 11.8. The number of carbonyl (C=O) groups is 1. The lowest BCUT2D eigenvalue weighted by molar-refractivity contribution is 0.224. The first-order valence-electron chi connectivity index (χ1n) is 10.0. The highest BCUT2D eigenvalue weighted by molar-refractivity contribution is 7.89. The van der Waals surface area contributed by atoms with Crippen molar-refractivity contribution in [1.82, 2.24) is 9.62 Å². The SMILES string of the molecule is Cc1ccc(OCc2ccccc2)c(C(C)NC(=O)N(C)S(=O)(=O)c2ccc(Cl)cc2)c1. The lowest BCUT2D eigenvalue weighted by Gasteiger charge is -2.23. The molecule has 0 aromatic heterocycles. The fourth-order valence-electron chi connectivity index (χ4n) is 3.10. The maximum atomic E-state index is 12.8. The van der Waals surface area contributed by atoms with Gasteiger partial charge in [0, 0.05) is 17.6 Å². The summed E-state index contributed by atoms with van der Waals surface area (Å²) in [7, 11) is -2.80. The smallest absolute Gasteiger partial charge is 0.331 e. The second-order valence-electron chi connectivity index (χ2n) is 7.41. The molecule has 0 bridgehead atoms. The van der Waals surface area contributed by atoms with Crippen molar-refractivity contribution in [3.63, 3.8) is 0 Å². The zero-order valence-corrected chi connectivity index (χ0v) is 19.7. The molecule has 0 fully saturated rings. The van der Waals surface area contributed by atoms with Gasteiger partial charge in [-0.2, -0.15) is 0 Å². The molecular weight excluding hydrogens is 448 g/mol. The van der Waals surface area contributed by atoms with E-state index in [0.29, 0.717) is 21.7 Å². The Balaban J connectivity index is 1.75. The second kappa shape index (κ2) is 10.1. The third-order valence-electron chi connectivity index (χ3n) is 4.97. The Hall–Kier alpha value is -3.03. The van der Waals surface area contributed by atoms with Gasteiger partial charge in [-0.05, 0) is 49.7 Å². The summed E-state index contributed by atoms with van der Waals surface area (Å²) in [6.07, 6.45) is 0. The van der Waals surface area contributed by atoms with E-state index in [1.807, 2.05) is 55.5 Å². The number of urea groups is 1. The van der Waals surface area contributed by atoms with Gasteiger partial charge in [-0.3, -0.25) is 0 Å². The molecule has 0 heterocycles. The molecule has 32 heavy (non-hydrogen) atoms. The van der Waals surface area contributed by atoms with Crippen LogP contribution >= 0.6 is 11.6 Å². The van der Waals surface area contributed by atoms with Crippen molar-refractivity contribution in [2.45, 2.75) is 31.4 Å². The Morgan fingerprint density at radius 2 is 1.72 bits per heavy atom. The Labute approximate surface area is 193 Å². The van der Waals surface area contributed by atoms with Crippen LogP contribution in [0.5, 0.6) is 5.75 Å². The van der Waals surface area contributed by atoms with Crippen LogP contribution in [0.1, 0.15) is 29.7 Å². The molecule has 0 saturated carbocycles. The number of amides is 2. The second-order valence-corrected chi connectivity index (χ2v) is 9.82. The Bertz CT molecular complexity index is 1180. The molecule has 3 aromatic carbocycles. The molecule has 8 heteroatoms. The van der Waals surface area contributed by atoms with Crippen molar-refractivity contribution >= 4 is 27.7 Å². The lowest BCUT2D eigenvalue weighted by Crippen LogP contribution is -2.42. The number of aryl methyl sites for hydroxylation is 1. The first kappa shape index (κ1) is 23.6. The van der Waals surface area contributed by atoms with Gasteiger partial charge in [0.05, 0.1) is 10.9 Å². The quantitative estimate of drug-likeness (QED) is 0.505. The van der Waals surface area contributed by atoms with Crippen LogP contribution in [0.25, 0.3) is 0 Å². The van der Waals surface area contributed by atoms with Crippen molar-refractivity contribution in [1.29, 1.82) is 0 Å². The predicted molar refractivity (Wildman–Crippen MR) is 125 cm³/mol. The average molecular weight is 473 g/mol. The largest absolute Gasteiger partial charge is 0.489 e. The Kier molecular flexibility index (Phi) is 7.43. The molecule has 1 unspecified atom stereocenters. The number of rotatable bonds is 7. The summed E-state index contributed by atoms with van der Waals surface area (Å²) in [6.45, 7) is 4.10. The van der Waals surface area contributed by atoms with Gasteiger partial charge in [0.1, 0.15) is 12.4 Å². The van der Waals surface area contributed by atoms with Gasteiger partial charge in [-0.15, -0.1) is 0 Å². The number of carbonyl (C=O) groups excluding carboxylic acids is 1. The van der Waals surface area contributed by atoms with Gasteiger partial charge in [0.25, 0.3) is 10.0 Å². The Morgan fingerprint density at radius 3 is 2.38 bits per heavy atom. The maximum absolute atomic E-state index is 12.8. The molecule has 1 N–H and O–H groups in total. The Morgan fingerprint density at radius 1 is 1.06 bits per heavy atom. The molecule has 6 nitrogen and oxygen atoms in total. The van der Waals surface area contributed by atoms with E-state index in [-0.39, 0.29) is 4.90 Å². The number of halogens is 1. The zero-order valence-electron chi connectivity index (χ0n) is 18.1. The molecular formula is C24H25ClN2O4S. The summed E-state index contributed by atoms with van der Waals surface area (Å²) in [5, 5.41) is 3.16. The highest BCUT2D eigenvalue weighted by Gasteiger charge is 2.27. The van der Waals surface area contributed by atoms with Gasteiger partial charge in [-0.1, -0.05) is 59.6 Å². The maximum Gasteiger partial charge on any atom is 0.331 e. The predicted octanol–water partition coefficient (Wildman–Crippen LogP) is 5.32. The minimum Gasteiger partial charge on any atom is -0.489 e. The van der Waals surface area contributed by atoms with Gasteiger partial charge in [0.15, 0.2) is 0 Å². The van der Waals surface area contributed by atoms with Crippen LogP contribution in [0.4, 0.5) is 4.79 Å². The minimum atomic E-state index is -4.02. The number of sulfonamides is 1. The summed E-state index contributed by atoms with van der Waals surface area (Å²) in [6, 6.07) is 19.9. The highest BCUT2D eigenvalue weighted by Crippen LogP contribution is 2.28. The van der Waals surface area contributed by atoms with Crippen molar-refractivity contribution in [3.05, 3.63) is 94.5 Å². The van der Waals surface area contributed by atoms with Crippen LogP contribution in [-0.2, 0) is 16.6 Å². The molecule has 0 saturated heterocycles. The lowest BCUT2D eigenvalue weighted by atomic mass is 10.0. The van der Waals surface area contributed by atoms with Crippen LogP contribution in [0.3, 0.4) is 0 Å². The number of benzene rings is 3. The van der Waals surface area contributed by atoms with Crippen LogP contribution in [-0.4, -0.2) is 25.8 Å². The van der Waals surface area contributed by atoms with E-state index in [4.69, 9.17) is 16.3 Å². The van der Waals surface area contributed by atoms with Crippen molar-refractivity contribution in [3.8, 4) is 5.75 Å². The molecule has 3 rings (SSSR count). The highest BCUT2D eigenvalue weighted by atomic mass is 35.5. The molecule has 0 aliphatic carbocycles. The first-order chi connectivity index (χ1) is 15.2. The van der Waals surface area contributed by atoms with E-state index in [0.717, 1.165) is 16.7 Å². The van der Waals surface area contributed by atoms with Gasteiger partial charge >= 0.3 is 6.03 Å². The fraction of sp³-hybridized carbons (Fsp3) is 0.208. The fourth-order valence-corrected chi connectivity index (χ4v) is 4.29. The molecule has 0 aliphatic heterocycles.